The normalized spacial score (nSPS) is 11.7. The number of hydrogen-bond acceptors (Lipinski definition) is 3. The molecule has 0 spiro atoms. The van der Waals surface area contributed by atoms with Crippen LogP contribution in [0.1, 0.15) is 41.5 Å². The second-order valence-electron chi connectivity index (χ2n) is 6.68. The number of fused-ring (bicyclic) bond motifs is 2. The summed E-state index contributed by atoms with van der Waals surface area (Å²) in [5, 5.41) is 3.23. The summed E-state index contributed by atoms with van der Waals surface area (Å²) in [7, 11) is 2.01. The number of amides is 1. The van der Waals surface area contributed by atoms with Crippen molar-refractivity contribution in [3.05, 3.63) is 76.9 Å². The van der Waals surface area contributed by atoms with E-state index in [4.69, 9.17) is 11.5 Å². The molecule has 0 heterocycles. The zero-order chi connectivity index (χ0) is 19.5. The number of nitrogens with two attached hydrogens (primary N) is 2. The highest BCUT2D eigenvalue weighted by Crippen LogP contribution is 2.33. The van der Waals surface area contributed by atoms with E-state index in [1.54, 1.807) is 0 Å². The Kier molecular flexibility index (Phi) is 11.2. The summed E-state index contributed by atoms with van der Waals surface area (Å²) in [6, 6.07) is 17.7. The molecule has 4 nitrogen and oxygen atoms in total. The smallest absolute Gasteiger partial charge is 0.217 e. The van der Waals surface area contributed by atoms with E-state index in [0.717, 1.165) is 25.8 Å². The summed E-state index contributed by atoms with van der Waals surface area (Å²) in [5.74, 6) is -0.273. The maximum Gasteiger partial charge on any atom is 0.217 e. The van der Waals surface area contributed by atoms with Gasteiger partial charge in [-0.25, -0.2) is 0 Å². The number of hydrogen-bond donors (Lipinski definition) is 3. The molecule has 1 aliphatic carbocycles. The van der Waals surface area contributed by atoms with E-state index in [1.165, 1.54) is 27.8 Å². The minimum absolute atomic E-state index is 0. The molecule has 152 valence electrons. The molecule has 0 fully saturated rings. The van der Waals surface area contributed by atoms with Crippen LogP contribution >= 0.6 is 12.4 Å². The molecule has 0 bridgehead atoms. The van der Waals surface area contributed by atoms with Gasteiger partial charge in [-0.2, -0.15) is 0 Å². The maximum absolute atomic E-state index is 9.92. The Morgan fingerprint density at radius 1 is 1.04 bits per heavy atom. The highest BCUT2D eigenvalue weighted by molar-refractivity contribution is 5.85. The number of nitrogens with one attached hydrogen (secondary N) is 1. The third kappa shape index (κ3) is 7.12. The van der Waals surface area contributed by atoms with Crippen molar-refractivity contribution in [1.82, 2.24) is 5.32 Å². The van der Waals surface area contributed by atoms with Crippen LogP contribution in [0.3, 0.4) is 0 Å². The number of carbonyl (C=O) groups is 1. The van der Waals surface area contributed by atoms with Crippen LogP contribution in [0.15, 0.2) is 54.6 Å². The average molecular weight is 402 g/mol. The molecule has 0 atom stereocenters. The van der Waals surface area contributed by atoms with Crippen LogP contribution in [0.25, 0.3) is 5.57 Å². The van der Waals surface area contributed by atoms with Crippen molar-refractivity contribution in [3.8, 4) is 0 Å². The van der Waals surface area contributed by atoms with Crippen molar-refractivity contribution in [2.75, 3.05) is 20.1 Å². The fourth-order valence-corrected chi connectivity index (χ4v) is 3.27. The van der Waals surface area contributed by atoms with Crippen molar-refractivity contribution in [2.24, 2.45) is 11.5 Å². The molecule has 1 amide bonds. The van der Waals surface area contributed by atoms with Crippen LogP contribution < -0.4 is 16.8 Å². The summed E-state index contributed by atoms with van der Waals surface area (Å²) in [6.07, 6.45) is 6.84. The molecule has 0 aromatic heterocycles. The van der Waals surface area contributed by atoms with Crippen molar-refractivity contribution < 1.29 is 4.79 Å². The Morgan fingerprint density at radius 2 is 1.57 bits per heavy atom. The molecule has 0 saturated carbocycles. The van der Waals surface area contributed by atoms with E-state index in [9.17, 15) is 4.79 Å². The summed E-state index contributed by atoms with van der Waals surface area (Å²) in [6.45, 7) is 1.57. The van der Waals surface area contributed by atoms with Crippen LogP contribution in [0.2, 0.25) is 0 Å². The van der Waals surface area contributed by atoms with Gasteiger partial charge in [0.2, 0.25) is 5.91 Å². The molecule has 0 aliphatic heterocycles. The van der Waals surface area contributed by atoms with E-state index < -0.39 is 0 Å². The Hall–Kier alpha value is -2.14. The topological polar surface area (TPSA) is 81.1 Å². The fourth-order valence-electron chi connectivity index (χ4n) is 3.27. The number of carbonyl (C=O) groups excluding carboxylic acids is 1. The van der Waals surface area contributed by atoms with E-state index in [2.05, 4.69) is 59.9 Å². The molecular formula is C23H32ClN3O. The van der Waals surface area contributed by atoms with E-state index in [0.29, 0.717) is 19.4 Å². The lowest BCUT2D eigenvalue weighted by Gasteiger charge is -2.12. The third-order valence-corrected chi connectivity index (χ3v) is 4.65. The number of aryl methyl sites for hydroxylation is 2. The van der Waals surface area contributed by atoms with Gasteiger partial charge in [0.25, 0.3) is 0 Å². The number of primary amides is 1. The van der Waals surface area contributed by atoms with Crippen LogP contribution in [0, 0.1) is 0 Å². The molecule has 2 aromatic rings. The number of rotatable bonds is 6. The lowest BCUT2D eigenvalue weighted by Crippen LogP contribution is -2.12. The Bertz CT molecular complexity index is 724. The minimum atomic E-state index is -0.273. The van der Waals surface area contributed by atoms with Crippen molar-refractivity contribution >= 4 is 23.9 Å². The van der Waals surface area contributed by atoms with Gasteiger partial charge in [0.15, 0.2) is 0 Å². The summed E-state index contributed by atoms with van der Waals surface area (Å²) >= 11 is 0. The van der Waals surface area contributed by atoms with E-state index in [1.807, 2.05) is 7.05 Å². The third-order valence-electron chi connectivity index (χ3n) is 4.65. The van der Waals surface area contributed by atoms with Crippen molar-refractivity contribution in [2.45, 2.75) is 32.1 Å². The van der Waals surface area contributed by atoms with Crippen LogP contribution in [-0.2, 0) is 17.6 Å². The molecule has 28 heavy (non-hydrogen) atoms. The van der Waals surface area contributed by atoms with Gasteiger partial charge in [-0.15, -0.1) is 12.4 Å². The molecule has 5 heteroatoms. The quantitative estimate of drug-likeness (QED) is 0.648. The SMILES string of the molecule is CNCCC=C1c2ccccc2CCc2ccccc21.Cl.NCCCC(N)=O. The predicted molar refractivity (Wildman–Crippen MR) is 121 cm³/mol. The van der Waals surface area contributed by atoms with Gasteiger partial charge in [-0.1, -0.05) is 54.6 Å². The predicted octanol–water partition coefficient (Wildman–Crippen LogP) is 3.46. The second-order valence-corrected chi connectivity index (χ2v) is 6.68. The number of benzene rings is 2. The summed E-state index contributed by atoms with van der Waals surface area (Å²) in [5.41, 5.74) is 17.0. The first-order chi connectivity index (χ1) is 13.2. The molecule has 1 aliphatic rings. The van der Waals surface area contributed by atoms with Gasteiger partial charge in [0, 0.05) is 6.42 Å². The largest absolute Gasteiger partial charge is 0.370 e. The second kappa shape index (κ2) is 13.1. The standard InChI is InChI=1S/C19H21N.C4H10N2O.ClH/c1-20-14-6-11-19-17-9-4-2-7-15(17)12-13-16-8-3-5-10-18(16)19;5-3-1-2-4(6)7;/h2-5,7-11,20H,6,12-14H2,1H3;1-3,5H2,(H2,6,7);1H. The van der Waals surface area contributed by atoms with Crippen molar-refractivity contribution in [1.29, 1.82) is 0 Å². The molecule has 0 saturated heterocycles. The van der Waals surface area contributed by atoms with E-state index >= 15 is 0 Å². The van der Waals surface area contributed by atoms with Crippen LogP contribution in [0.5, 0.6) is 0 Å². The van der Waals surface area contributed by atoms with Gasteiger partial charge in [-0.05, 0) is 73.6 Å². The molecule has 0 radical (unpaired) electrons. The first-order valence-corrected chi connectivity index (χ1v) is 9.67. The zero-order valence-corrected chi connectivity index (χ0v) is 17.4. The van der Waals surface area contributed by atoms with E-state index in [-0.39, 0.29) is 18.3 Å². The summed E-state index contributed by atoms with van der Waals surface area (Å²) < 4.78 is 0. The van der Waals surface area contributed by atoms with Crippen molar-refractivity contribution in [3.63, 3.8) is 0 Å². The number of halogens is 1. The first kappa shape index (κ1) is 23.9. The molecule has 0 unspecified atom stereocenters. The molecule has 5 N–H and O–H groups in total. The lowest BCUT2D eigenvalue weighted by atomic mass is 9.93. The lowest BCUT2D eigenvalue weighted by molar-refractivity contribution is -0.118. The maximum atomic E-state index is 9.92. The monoisotopic (exact) mass is 401 g/mol. The zero-order valence-electron chi connectivity index (χ0n) is 16.6. The molecular weight excluding hydrogens is 370 g/mol. The Labute approximate surface area is 174 Å². The highest BCUT2D eigenvalue weighted by atomic mass is 35.5. The minimum Gasteiger partial charge on any atom is -0.370 e. The van der Waals surface area contributed by atoms with Gasteiger partial charge in [0.1, 0.15) is 0 Å². The van der Waals surface area contributed by atoms with Crippen LogP contribution in [-0.4, -0.2) is 26.0 Å². The average Bonchev–Trinajstić information content (AvgIpc) is 2.84. The Balaban J connectivity index is 0.000000425. The molecule has 2 aromatic carbocycles. The van der Waals surface area contributed by atoms with Gasteiger partial charge >= 0.3 is 0 Å². The highest BCUT2D eigenvalue weighted by Gasteiger charge is 2.16. The molecule has 3 rings (SSSR count). The van der Waals surface area contributed by atoms with Gasteiger partial charge < -0.3 is 16.8 Å². The summed E-state index contributed by atoms with van der Waals surface area (Å²) in [4.78, 5) is 9.92. The van der Waals surface area contributed by atoms with Crippen LogP contribution in [0.4, 0.5) is 0 Å². The fraction of sp³-hybridized carbons (Fsp3) is 0.348. The first-order valence-electron chi connectivity index (χ1n) is 9.67. The van der Waals surface area contributed by atoms with Gasteiger partial charge in [0.05, 0.1) is 0 Å². The Morgan fingerprint density at radius 3 is 2.00 bits per heavy atom. The van der Waals surface area contributed by atoms with Gasteiger partial charge in [-0.3, -0.25) is 4.79 Å².